The van der Waals surface area contributed by atoms with Crippen molar-refractivity contribution >= 4 is 30.1 Å². The van der Waals surface area contributed by atoms with E-state index in [1.807, 2.05) is 48.5 Å². The average molecular weight is 508 g/mol. The van der Waals surface area contributed by atoms with Gasteiger partial charge in [0.1, 0.15) is 0 Å². The van der Waals surface area contributed by atoms with E-state index in [0.717, 1.165) is 16.8 Å². The van der Waals surface area contributed by atoms with Crippen molar-refractivity contribution < 1.29 is 14.3 Å². The minimum Gasteiger partial charge on any atom is -0.463 e. The fourth-order valence-corrected chi connectivity index (χ4v) is 3.50. The van der Waals surface area contributed by atoms with Gasteiger partial charge in [-0.1, -0.05) is 42.5 Å². The lowest BCUT2D eigenvalue weighted by atomic mass is 10.1. The van der Waals surface area contributed by atoms with E-state index >= 15 is 0 Å². The highest BCUT2D eigenvalue weighted by atomic mass is 32.1. The van der Waals surface area contributed by atoms with Crippen LogP contribution in [0.2, 0.25) is 0 Å². The van der Waals surface area contributed by atoms with Gasteiger partial charge in [-0.05, 0) is 36.8 Å². The molecule has 2 amide bonds. The third kappa shape index (κ3) is 7.47. The lowest BCUT2D eigenvalue weighted by Gasteiger charge is -2.19. The van der Waals surface area contributed by atoms with Crippen LogP contribution in [0.3, 0.4) is 0 Å². The second-order valence-corrected chi connectivity index (χ2v) is 8.98. The van der Waals surface area contributed by atoms with Gasteiger partial charge in [0.25, 0.3) is 11.8 Å². The van der Waals surface area contributed by atoms with E-state index in [4.69, 9.17) is 10.5 Å². The number of carbonyl (C=O) groups excluding carboxylic acids is 2. The summed E-state index contributed by atoms with van der Waals surface area (Å²) in [6, 6.07) is 20.5. The summed E-state index contributed by atoms with van der Waals surface area (Å²) in [5.41, 5.74) is 9.67. The van der Waals surface area contributed by atoms with Crippen LogP contribution in [-0.2, 0) is 11.3 Å². The zero-order chi connectivity index (χ0) is 26.1. The fraction of sp³-hybridized carbons (Fsp3) is 0.296. The van der Waals surface area contributed by atoms with E-state index in [2.05, 4.69) is 28.2 Å². The first-order valence-corrected chi connectivity index (χ1v) is 12.3. The molecule has 1 aromatic heterocycles. The number of nitrogens with two attached hydrogens (primary N) is 1. The van der Waals surface area contributed by atoms with Gasteiger partial charge in [-0.25, -0.2) is 4.98 Å². The van der Waals surface area contributed by atoms with Crippen molar-refractivity contribution in [2.45, 2.75) is 25.6 Å². The molecule has 0 spiro atoms. The molecule has 0 fully saturated rings. The highest BCUT2D eigenvalue weighted by Gasteiger charge is 2.19. The number of benzene rings is 2. The molecule has 3 aromatic rings. The van der Waals surface area contributed by atoms with E-state index in [1.165, 1.54) is 4.90 Å². The predicted octanol–water partition coefficient (Wildman–Crippen LogP) is 3.20. The van der Waals surface area contributed by atoms with Gasteiger partial charge in [-0.3, -0.25) is 9.59 Å². The van der Waals surface area contributed by atoms with Crippen LogP contribution in [0.25, 0.3) is 11.3 Å². The molecule has 0 aliphatic heterocycles. The summed E-state index contributed by atoms with van der Waals surface area (Å²) in [6.45, 7) is 2.41. The number of anilines is 1. The zero-order valence-electron chi connectivity index (χ0n) is 20.8. The smallest absolute Gasteiger partial charge is 0.261 e. The molecule has 0 aliphatic rings. The van der Waals surface area contributed by atoms with Gasteiger partial charge in [0, 0.05) is 50.1 Å². The Balaban J connectivity index is 1.72. The summed E-state index contributed by atoms with van der Waals surface area (Å²) in [5, 5.41) is 6.11. The summed E-state index contributed by atoms with van der Waals surface area (Å²) >= 11 is 4.23. The van der Waals surface area contributed by atoms with Crippen molar-refractivity contribution in [3.63, 3.8) is 0 Å². The summed E-state index contributed by atoms with van der Waals surface area (Å²) in [6.07, 6.45) is -0.811. The zero-order valence-corrected chi connectivity index (χ0v) is 21.7. The molecular formula is C27H33N5O3S. The number of hydrogen-bond acceptors (Lipinski definition) is 7. The van der Waals surface area contributed by atoms with Gasteiger partial charge in [0.05, 0.1) is 11.4 Å². The van der Waals surface area contributed by atoms with Crippen LogP contribution in [-0.4, -0.2) is 60.2 Å². The molecule has 1 unspecified atom stereocenters. The Kier molecular flexibility index (Phi) is 9.72. The van der Waals surface area contributed by atoms with Crippen molar-refractivity contribution in [2.75, 3.05) is 31.7 Å². The average Bonchev–Trinajstić information content (AvgIpc) is 2.90. The Morgan fingerprint density at radius 1 is 1.08 bits per heavy atom. The molecule has 36 heavy (non-hydrogen) atoms. The highest BCUT2D eigenvalue weighted by molar-refractivity contribution is 7.80. The number of carbonyl (C=O) groups is 2. The Morgan fingerprint density at radius 2 is 1.83 bits per heavy atom. The predicted molar refractivity (Wildman–Crippen MR) is 146 cm³/mol. The maximum absolute atomic E-state index is 12.8. The molecule has 3 rings (SSSR count). The van der Waals surface area contributed by atoms with E-state index < -0.39 is 6.10 Å². The quantitative estimate of drug-likeness (QED) is 0.297. The van der Waals surface area contributed by atoms with Gasteiger partial charge in [0.2, 0.25) is 5.88 Å². The topological polar surface area (TPSA) is 110 Å². The first kappa shape index (κ1) is 27.0. The molecule has 9 heteroatoms. The molecule has 2 atom stereocenters. The molecular weight excluding hydrogens is 474 g/mol. The lowest BCUT2D eigenvalue weighted by molar-refractivity contribution is -0.127. The van der Waals surface area contributed by atoms with E-state index in [0.29, 0.717) is 29.4 Å². The summed E-state index contributed by atoms with van der Waals surface area (Å²) < 4.78 is 6.01. The normalized spacial score (nSPS) is 12.4. The number of thiol groups is 1. The minimum absolute atomic E-state index is 0.0954. The van der Waals surface area contributed by atoms with Crippen LogP contribution in [0.1, 0.15) is 22.8 Å². The number of nitrogens with zero attached hydrogens (tertiary/aromatic N) is 2. The summed E-state index contributed by atoms with van der Waals surface area (Å²) in [5.74, 6) is 0.439. The minimum atomic E-state index is -0.811. The molecule has 0 bridgehead atoms. The molecule has 0 radical (unpaired) electrons. The number of pyridine rings is 1. The second kappa shape index (κ2) is 12.9. The van der Waals surface area contributed by atoms with E-state index in [-0.39, 0.29) is 24.4 Å². The molecule has 4 N–H and O–H groups in total. The third-order valence-corrected chi connectivity index (χ3v) is 5.89. The first-order chi connectivity index (χ1) is 17.3. The van der Waals surface area contributed by atoms with Crippen LogP contribution in [0.5, 0.6) is 5.88 Å². The molecule has 8 nitrogen and oxygen atoms in total. The maximum atomic E-state index is 12.8. The van der Waals surface area contributed by atoms with Crippen molar-refractivity contribution in [3.8, 4) is 17.1 Å². The number of aromatic nitrogens is 1. The SMILES string of the molecule is C[C@@H](Oc1nc(-c2ccccc2)ccc1NCC(N)CS)C(=O)NCc1cccc(C(=O)N(C)C)c1. The molecule has 2 aromatic carbocycles. The summed E-state index contributed by atoms with van der Waals surface area (Å²) in [7, 11) is 3.40. The monoisotopic (exact) mass is 507 g/mol. The summed E-state index contributed by atoms with van der Waals surface area (Å²) in [4.78, 5) is 31.2. The molecule has 0 aliphatic carbocycles. The number of hydrogen-bond donors (Lipinski definition) is 4. The third-order valence-electron chi connectivity index (χ3n) is 5.42. The van der Waals surface area contributed by atoms with Gasteiger partial charge in [0.15, 0.2) is 6.10 Å². The first-order valence-electron chi connectivity index (χ1n) is 11.7. The van der Waals surface area contributed by atoms with Crippen molar-refractivity contribution in [2.24, 2.45) is 5.73 Å². The second-order valence-electron chi connectivity index (χ2n) is 8.62. The Morgan fingerprint density at radius 3 is 2.53 bits per heavy atom. The number of ether oxygens (including phenoxy) is 1. The van der Waals surface area contributed by atoms with Crippen molar-refractivity contribution in [3.05, 3.63) is 77.9 Å². The molecule has 190 valence electrons. The highest BCUT2D eigenvalue weighted by Crippen LogP contribution is 2.28. The van der Waals surface area contributed by atoms with Crippen LogP contribution in [0, 0.1) is 0 Å². The Hall–Kier alpha value is -3.56. The Bertz CT molecular complexity index is 1170. The van der Waals surface area contributed by atoms with Crippen molar-refractivity contribution in [1.29, 1.82) is 0 Å². The molecule has 0 saturated carbocycles. The number of amides is 2. The lowest BCUT2D eigenvalue weighted by Crippen LogP contribution is -2.36. The van der Waals surface area contributed by atoms with Crippen LogP contribution in [0.15, 0.2) is 66.7 Å². The van der Waals surface area contributed by atoms with Crippen LogP contribution < -0.4 is 21.1 Å². The molecule has 0 saturated heterocycles. The van der Waals surface area contributed by atoms with E-state index in [1.54, 1.807) is 39.2 Å². The largest absolute Gasteiger partial charge is 0.463 e. The number of rotatable bonds is 11. The van der Waals surface area contributed by atoms with E-state index in [9.17, 15) is 9.59 Å². The van der Waals surface area contributed by atoms with Gasteiger partial charge in [-0.2, -0.15) is 12.6 Å². The van der Waals surface area contributed by atoms with Gasteiger partial charge < -0.3 is 26.0 Å². The fourth-order valence-electron chi connectivity index (χ4n) is 3.37. The van der Waals surface area contributed by atoms with Gasteiger partial charge >= 0.3 is 0 Å². The van der Waals surface area contributed by atoms with Crippen molar-refractivity contribution in [1.82, 2.24) is 15.2 Å². The Labute approximate surface area is 217 Å². The van der Waals surface area contributed by atoms with Gasteiger partial charge in [-0.15, -0.1) is 0 Å². The standard InChI is InChI=1S/C27H33N5O3S/c1-18(25(33)30-15-19-8-7-11-21(14-19)27(34)32(2)3)35-26-24(29-16-22(28)17-36)13-12-23(31-26)20-9-5-4-6-10-20/h4-14,18,22,29,36H,15-17,28H2,1-3H3,(H,30,33)/t18-,22?/m1/s1. The number of nitrogens with one attached hydrogen (secondary N) is 2. The maximum Gasteiger partial charge on any atom is 0.261 e. The van der Waals surface area contributed by atoms with Crippen LogP contribution >= 0.6 is 12.6 Å². The van der Waals surface area contributed by atoms with Crippen LogP contribution in [0.4, 0.5) is 5.69 Å². The molecule has 1 heterocycles.